The van der Waals surface area contributed by atoms with E-state index in [1.807, 2.05) is 0 Å². The van der Waals surface area contributed by atoms with Crippen LogP contribution in [0.3, 0.4) is 0 Å². The van der Waals surface area contributed by atoms with Crippen molar-refractivity contribution in [3.05, 3.63) is 0 Å². The van der Waals surface area contributed by atoms with Crippen LogP contribution in [0.5, 0.6) is 0 Å². The van der Waals surface area contributed by atoms with E-state index in [0.29, 0.717) is 17.2 Å². The van der Waals surface area contributed by atoms with Gasteiger partial charge in [-0.05, 0) is 45.2 Å². The molecule has 0 aromatic carbocycles. The number of hydrogen-bond donors (Lipinski definition) is 0. The van der Waals surface area contributed by atoms with Gasteiger partial charge in [0.15, 0.2) is 0 Å². The minimum absolute atomic E-state index is 0.441. The second-order valence-electron chi connectivity index (χ2n) is 7.26. The minimum atomic E-state index is 0.441. The molecule has 1 spiro atoms. The Bertz CT molecular complexity index is 338. The van der Waals surface area contributed by atoms with Gasteiger partial charge in [-0.2, -0.15) is 0 Å². The summed E-state index contributed by atoms with van der Waals surface area (Å²) in [6, 6.07) is 0. The third-order valence-corrected chi connectivity index (χ3v) is 5.61. The van der Waals surface area contributed by atoms with Gasteiger partial charge in [-0.1, -0.05) is 19.3 Å². The number of hydrogen-bond acceptors (Lipinski definition) is 2. The highest BCUT2D eigenvalue weighted by Crippen LogP contribution is 2.39. The smallest absolute Gasteiger partial charge is 0.222 e. The Hall–Kier alpha value is -0.570. The van der Waals surface area contributed by atoms with Crippen LogP contribution in [0.25, 0.3) is 0 Å². The molecule has 0 N–H and O–H groups in total. The van der Waals surface area contributed by atoms with Crippen LogP contribution in [0.2, 0.25) is 0 Å². The second-order valence-corrected chi connectivity index (χ2v) is 7.26. The molecule has 0 radical (unpaired) electrons. The Morgan fingerprint density at radius 1 is 1.11 bits per heavy atom. The molecule has 3 fully saturated rings. The maximum atomic E-state index is 12.4. The van der Waals surface area contributed by atoms with E-state index in [1.165, 1.54) is 58.0 Å². The van der Waals surface area contributed by atoms with Gasteiger partial charge in [0, 0.05) is 31.5 Å². The molecule has 1 unspecified atom stereocenters. The Morgan fingerprint density at radius 2 is 1.84 bits per heavy atom. The van der Waals surface area contributed by atoms with E-state index < -0.39 is 0 Å². The van der Waals surface area contributed by atoms with Crippen LogP contribution in [0, 0.1) is 11.3 Å². The molecule has 108 valence electrons. The number of carbonyl (C=O) groups is 1. The highest BCUT2D eigenvalue weighted by molar-refractivity contribution is 5.76. The Labute approximate surface area is 117 Å². The molecule has 3 nitrogen and oxygen atoms in total. The molecule has 3 rings (SSSR count). The highest BCUT2D eigenvalue weighted by atomic mass is 16.2. The molecule has 1 aliphatic carbocycles. The normalized spacial score (nSPS) is 33.4. The maximum absolute atomic E-state index is 12.4. The average Bonchev–Trinajstić information content (AvgIpc) is 2.98. The molecular formula is C16H28N2O. The summed E-state index contributed by atoms with van der Waals surface area (Å²) >= 11 is 0. The van der Waals surface area contributed by atoms with Crippen molar-refractivity contribution in [2.75, 3.05) is 33.2 Å². The lowest BCUT2D eigenvalue weighted by molar-refractivity contribution is -0.131. The number of rotatable bonds is 2. The predicted octanol–water partition coefficient (Wildman–Crippen LogP) is 2.51. The fourth-order valence-corrected chi connectivity index (χ4v) is 4.41. The summed E-state index contributed by atoms with van der Waals surface area (Å²) in [5.74, 6) is 1.13. The fraction of sp³-hybridized carbons (Fsp3) is 0.938. The van der Waals surface area contributed by atoms with Gasteiger partial charge in [0.05, 0.1) is 0 Å². The molecule has 3 heteroatoms. The first kappa shape index (κ1) is 13.4. The number of nitrogens with zero attached hydrogens (tertiary/aromatic N) is 2. The van der Waals surface area contributed by atoms with Crippen molar-refractivity contribution in [3.8, 4) is 0 Å². The fourth-order valence-electron chi connectivity index (χ4n) is 4.41. The van der Waals surface area contributed by atoms with Gasteiger partial charge in [-0.25, -0.2) is 0 Å². The Morgan fingerprint density at radius 3 is 2.53 bits per heavy atom. The largest absolute Gasteiger partial charge is 0.342 e. The van der Waals surface area contributed by atoms with Crippen LogP contribution in [0.15, 0.2) is 0 Å². The summed E-state index contributed by atoms with van der Waals surface area (Å²) in [7, 11) is 2.21. The van der Waals surface area contributed by atoms with Crippen molar-refractivity contribution in [2.45, 2.75) is 51.4 Å². The quantitative estimate of drug-likeness (QED) is 0.765. The van der Waals surface area contributed by atoms with E-state index in [9.17, 15) is 4.79 Å². The first-order valence-electron chi connectivity index (χ1n) is 8.13. The van der Waals surface area contributed by atoms with Crippen LogP contribution in [0.1, 0.15) is 51.4 Å². The number of likely N-dealkylation sites (tertiary alicyclic amines) is 2. The lowest BCUT2D eigenvalue weighted by atomic mass is 9.86. The molecule has 0 aromatic rings. The van der Waals surface area contributed by atoms with Gasteiger partial charge in [0.2, 0.25) is 5.91 Å². The van der Waals surface area contributed by atoms with Crippen LogP contribution >= 0.6 is 0 Å². The second kappa shape index (κ2) is 5.43. The van der Waals surface area contributed by atoms with Crippen LogP contribution < -0.4 is 0 Å². The summed E-state index contributed by atoms with van der Waals surface area (Å²) in [4.78, 5) is 17.0. The van der Waals surface area contributed by atoms with Gasteiger partial charge < -0.3 is 9.80 Å². The van der Waals surface area contributed by atoms with Gasteiger partial charge in [-0.3, -0.25) is 4.79 Å². The molecule has 1 amide bonds. The Balaban J connectivity index is 1.51. The number of amides is 1. The van der Waals surface area contributed by atoms with E-state index in [-0.39, 0.29) is 0 Å². The van der Waals surface area contributed by atoms with Crippen LogP contribution in [-0.4, -0.2) is 48.9 Å². The first-order valence-corrected chi connectivity index (χ1v) is 8.13. The summed E-state index contributed by atoms with van der Waals surface area (Å²) in [6.45, 7) is 4.45. The predicted molar refractivity (Wildman–Crippen MR) is 76.9 cm³/mol. The minimum Gasteiger partial charge on any atom is -0.342 e. The van der Waals surface area contributed by atoms with Crippen LogP contribution in [0.4, 0.5) is 0 Å². The monoisotopic (exact) mass is 264 g/mol. The van der Waals surface area contributed by atoms with Gasteiger partial charge in [0.25, 0.3) is 0 Å². The van der Waals surface area contributed by atoms with Crippen molar-refractivity contribution in [1.29, 1.82) is 0 Å². The van der Waals surface area contributed by atoms with E-state index in [4.69, 9.17) is 0 Å². The van der Waals surface area contributed by atoms with Gasteiger partial charge in [-0.15, -0.1) is 0 Å². The lowest BCUT2D eigenvalue weighted by Gasteiger charge is -2.26. The summed E-state index contributed by atoms with van der Waals surface area (Å²) in [5.41, 5.74) is 0.441. The molecule has 3 aliphatic rings. The van der Waals surface area contributed by atoms with Crippen molar-refractivity contribution in [3.63, 3.8) is 0 Å². The molecule has 2 saturated heterocycles. The average molecular weight is 264 g/mol. The standard InChI is InChI=1S/C16H28N2O/c1-17-9-7-16(12-17)8-10-18(13-16)15(19)11-14-5-3-2-4-6-14/h14H,2-13H2,1H3. The zero-order chi connectivity index (χ0) is 13.3. The molecule has 0 bridgehead atoms. The SMILES string of the molecule is CN1CCC2(CCN(C(=O)CC3CCCCC3)C2)C1. The van der Waals surface area contributed by atoms with Crippen molar-refractivity contribution < 1.29 is 4.79 Å². The van der Waals surface area contributed by atoms with E-state index in [1.54, 1.807) is 0 Å². The third kappa shape index (κ3) is 2.96. The topological polar surface area (TPSA) is 23.6 Å². The van der Waals surface area contributed by atoms with Crippen LogP contribution in [-0.2, 0) is 4.79 Å². The lowest BCUT2D eigenvalue weighted by Crippen LogP contribution is -2.34. The van der Waals surface area contributed by atoms with E-state index in [2.05, 4.69) is 16.8 Å². The third-order valence-electron chi connectivity index (χ3n) is 5.61. The summed E-state index contributed by atoms with van der Waals surface area (Å²) < 4.78 is 0. The van der Waals surface area contributed by atoms with Gasteiger partial charge in [0.1, 0.15) is 0 Å². The van der Waals surface area contributed by atoms with Crippen molar-refractivity contribution >= 4 is 5.91 Å². The first-order chi connectivity index (χ1) is 9.17. The van der Waals surface area contributed by atoms with Gasteiger partial charge >= 0.3 is 0 Å². The molecule has 1 saturated carbocycles. The molecule has 0 aromatic heterocycles. The summed E-state index contributed by atoms with van der Waals surface area (Å²) in [5, 5.41) is 0. The highest BCUT2D eigenvalue weighted by Gasteiger charge is 2.43. The molecule has 1 atom stereocenters. The van der Waals surface area contributed by atoms with Crippen molar-refractivity contribution in [2.24, 2.45) is 11.3 Å². The van der Waals surface area contributed by atoms with E-state index >= 15 is 0 Å². The summed E-state index contributed by atoms with van der Waals surface area (Å²) in [6.07, 6.45) is 9.97. The van der Waals surface area contributed by atoms with E-state index in [0.717, 1.165) is 19.5 Å². The molecule has 2 aliphatic heterocycles. The zero-order valence-electron chi connectivity index (χ0n) is 12.4. The number of carbonyl (C=O) groups excluding carboxylic acids is 1. The molecule has 2 heterocycles. The maximum Gasteiger partial charge on any atom is 0.222 e. The molecule has 19 heavy (non-hydrogen) atoms. The zero-order valence-corrected chi connectivity index (χ0v) is 12.4. The van der Waals surface area contributed by atoms with Crippen molar-refractivity contribution in [1.82, 2.24) is 9.80 Å². The Kier molecular flexibility index (Phi) is 3.84. The molecular weight excluding hydrogens is 236 g/mol.